The first-order chi connectivity index (χ1) is 12.2. The minimum atomic E-state index is -0.165. The second kappa shape index (κ2) is 12.0. The van der Waals surface area contributed by atoms with E-state index in [0.717, 1.165) is 13.0 Å². The van der Waals surface area contributed by atoms with Crippen molar-refractivity contribution in [1.82, 2.24) is 14.3 Å². The summed E-state index contributed by atoms with van der Waals surface area (Å²) in [6.07, 6.45) is 14.6. The number of amides is 1. The molecule has 0 aromatic carbocycles. The second-order valence-electron chi connectivity index (χ2n) is 7.58. The van der Waals surface area contributed by atoms with Crippen molar-refractivity contribution in [2.45, 2.75) is 96.7 Å². The van der Waals surface area contributed by atoms with E-state index in [-0.39, 0.29) is 18.3 Å². The van der Waals surface area contributed by atoms with Gasteiger partial charge in [-0.3, -0.25) is 9.62 Å². The van der Waals surface area contributed by atoms with Crippen LogP contribution in [-0.4, -0.2) is 36.4 Å². The van der Waals surface area contributed by atoms with E-state index in [1.54, 1.807) is 0 Å². The molecule has 0 aromatic heterocycles. The highest BCUT2D eigenvalue weighted by Gasteiger charge is 2.47. The SMILES string of the molecule is CCCCCCCCCCCCNSNC1C[C@H](C)C2COC(=O)N12. The van der Waals surface area contributed by atoms with Crippen LogP contribution in [0.1, 0.15) is 84.5 Å². The number of carbonyl (C=O) groups excluding carboxylic acids is 1. The van der Waals surface area contributed by atoms with Crippen LogP contribution in [0.3, 0.4) is 0 Å². The van der Waals surface area contributed by atoms with Crippen LogP contribution in [0.15, 0.2) is 0 Å². The van der Waals surface area contributed by atoms with Gasteiger partial charge >= 0.3 is 6.09 Å². The number of fused-ring (bicyclic) bond motifs is 1. The lowest BCUT2D eigenvalue weighted by atomic mass is 10.0. The summed E-state index contributed by atoms with van der Waals surface area (Å²) in [6, 6.07) is 0.257. The normalized spacial score (nSPS) is 25.4. The van der Waals surface area contributed by atoms with Crippen LogP contribution in [0.25, 0.3) is 0 Å². The Morgan fingerprint density at radius 3 is 2.40 bits per heavy atom. The number of unbranched alkanes of at least 4 members (excludes halogenated alkanes) is 9. The van der Waals surface area contributed by atoms with E-state index in [4.69, 9.17) is 4.74 Å². The van der Waals surface area contributed by atoms with Crippen molar-refractivity contribution in [2.75, 3.05) is 13.2 Å². The molecule has 2 N–H and O–H groups in total. The predicted octanol–water partition coefficient (Wildman–Crippen LogP) is 4.84. The van der Waals surface area contributed by atoms with Crippen molar-refractivity contribution in [3.63, 3.8) is 0 Å². The Balaban J connectivity index is 1.38. The van der Waals surface area contributed by atoms with Gasteiger partial charge in [-0.2, -0.15) is 0 Å². The highest BCUT2D eigenvalue weighted by atomic mass is 32.2. The zero-order valence-corrected chi connectivity index (χ0v) is 16.9. The highest BCUT2D eigenvalue weighted by Crippen LogP contribution is 2.33. The molecule has 0 bridgehead atoms. The molecule has 25 heavy (non-hydrogen) atoms. The van der Waals surface area contributed by atoms with Gasteiger partial charge in [0.25, 0.3) is 0 Å². The molecule has 5 nitrogen and oxygen atoms in total. The fourth-order valence-electron chi connectivity index (χ4n) is 3.82. The molecule has 6 heteroatoms. The maximum absolute atomic E-state index is 11.8. The molecule has 0 aliphatic carbocycles. The number of hydrogen-bond donors (Lipinski definition) is 2. The zero-order valence-electron chi connectivity index (χ0n) is 16.1. The fraction of sp³-hybridized carbons (Fsp3) is 0.947. The van der Waals surface area contributed by atoms with E-state index in [9.17, 15) is 4.79 Å². The van der Waals surface area contributed by atoms with Crippen LogP contribution < -0.4 is 9.44 Å². The number of carbonyl (C=O) groups is 1. The van der Waals surface area contributed by atoms with Crippen LogP contribution in [0.4, 0.5) is 4.79 Å². The first kappa shape index (κ1) is 20.8. The second-order valence-corrected chi connectivity index (χ2v) is 8.31. The molecule has 2 aliphatic rings. The molecule has 2 rings (SSSR count). The van der Waals surface area contributed by atoms with Crippen LogP contribution in [0.2, 0.25) is 0 Å². The smallest absolute Gasteiger partial charge is 0.411 e. The van der Waals surface area contributed by atoms with E-state index in [1.807, 2.05) is 4.90 Å². The Morgan fingerprint density at radius 2 is 1.72 bits per heavy atom. The van der Waals surface area contributed by atoms with Crippen molar-refractivity contribution >= 4 is 18.2 Å². The third-order valence-electron chi connectivity index (χ3n) is 5.43. The number of ether oxygens (including phenoxy) is 1. The molecule has 2 unspecified atom stereocenters. The van der Waals surface area contributed by atoms with E-state index in [1.165, 1.54) is 76.3 Å². The van der Waals surface area contributed by atoms with Crippen LogP contribution in [0, 0.1) is 5.92 Å². The summed E-state index contributed by atoms with van der Waals surface area (Å²) in [7, 11) is 0. The largest absolute Gasteiger partial charge is 0.447 e. The van der Waals surface area contributed by atoms with Crippen molar-refractivity contribution in [1.29, 1.82) is 0 Å². The van der Waals surface area contributed by atoms with Crippen LogP contribution >= 0.6 is 12.1 Å². The first-order valence-corrected chi connectivity index (χ1v) is 11.1. The first-order valence-electron chi connectivity index (χ1n) is 10.3. The summed E-state index contributed by atoms with van der Waals surface area (Å²) in [5.41, 5.74) is 0. The van der Waals surface area contributed by atoms with Gasteiger partial charge in [0.15, 0.2) is 0 Å². The number of cyclic esters (lactones) is 1. The Hall–Kier alpha value is -0.460. The van der Waals surface area contributed by atoms with Gasteiger partial charge in [0.2, 0.25) is 0 Å². The van der Waals surface area contributed by atoms with Gasteiger partial charge in [0, 0.05) is 18.7 Å². The average Bonchev–Trinajstić information content (AvgIpc) is 3.13. The number of rotatable bonds is 14. The Kier molecular flexibility index (Phi) is 10.0. The molecule has 2 aliphatic heterocycles. The molecule has 146 valence electrons. The molecule has 2 saturated heterocycles. The van der Waals surface area contributed by atoms with E-state index >= 15 is 0 Å². The summed E-state index contributed by atoms with van der Waals surface area (Å²) in [4.78, 5) is 13.7. The van der Waals surface area contributed by atoms with Crippen molar-refractivity contribution < 1.29 is 9.53 Å². The predicted molar refractivity (Wildman–Crippen MR) is 105 cm³/mol. The lowest BCUT2D eigenvalue weighted by molar-refractivity contribution is 0.148. The lowest BCUT2D eigenvalue weighted by Crippen LogP contribution is -2.42. The maximum atomic E-state index is 11.8. The molecular formula is C19H37N3O2S. The van der Waals surface area contributed by atoms with E-state index in [0.29, 0.717) is 12.5 Å². The molecule has 0 aromatic rings. The van der Waals surface area contributed by atoms with Crippen molar-refractivity contribution in [2.24, 2.45) is 5.92 Å². The van der Waals surface area contributed by atoms with Crippen LogP contribution in [-0.2, 0) is 4.74 Å². The van der Waals surface area contributed by atoms with Crippen LogP contribution in [0.5, 0.6) is 0 Å². The Morgan fingerprint density at radius 1 is 1.08 bits per heavy atom. The van der Waals surface area contributed by atoms with E-state index < -0.39 is 0 Å². The van der Waals surface area contributed by atoms with Gasteiger partial charge < -0.3 is 4.74 Å². The molecule has 3 atom stereocenters. The molecule has 0 saturated carbocycles. The number of nitrogens with one attached hydrogen (secondary N) is 2. The minimum Gasteiger partial charge on any atom is -0.447 e. The summed E-state index contributed by atoms with van der Waals surface area (Å²) < 4.78 is 11.9. The minimum absolute atomic E-state index is 0.0974. The quantitative estimate of drug-likeness (QED) is 0.338. The molecule has 2 heterocycles. The highest BCUT2D eigenvalue weighted by molar-refractivity contribution is 7.95. The van der Waals surface area contributed by atoms with Gasteiger partial charge in [-0.05, 0) is 18.8 Å². The van der Waals surface area contributed by atoms with Gasteiger partial charge in [0.1, 0.15) is 6.61 Å². The molecule has 1 amide bonds. The summed E-state index contributed by atoms with van der Waals surface area (Å²) in [5, 5.41) is 0. The summed E-state index contributed by atoms with van der Waals surface area (Å²) >= 11 is 1.53. The summed E-state index contributed by atoms with van der Waals surface area (Å²) in [5.74, 6) is 0.506. The maximum Gasteiger partial charge on any atom is 0.411 e. The van der Waals surface area contributed by atoms with Gasteiger partial charge in [-0.1, -0.05) is 71.6 Å². The average molecular weight is 372 g/mol. The number of nitrogens with zero attached hydrogens (tertiary/aromatic N) is 1. The molecule has 2 fully saturated rings. The lowest BCUT2D eigenvalue weighted by Gasteiger charge is -2.21. The standard InChI is InChI=1S/C19H37N3O2S/c1-3-4-5-6-7-8-9-10-11-12-13-20-25-21-18-14-16(2)17-15-24-19(23)22(17)18/h16-18,20-21H,3-15H2,1-2H3/t16-,17?,18?/m0/s1. The van der Waals surface area contributed by atoms with Crippen molar-refractivity contribution in [3.05, 3.63) is 0 Å². The van der Waals surface area contributed by atoms with Gasteiger partial charge in [0.05, 0.1) is 12.2 Å². The molecule has 0 spiro atoms. The third kappa shape index (κ3) is 6.99. The number of hydrogen-bond acceptors (Lipinski definition) is 5. The third-order valence-corrected chi connectivity index (χ3v) is 6.17. The van der Waals surface area contributed by atoms with Gasteiger partial charge in [-0.15, -0.1) is 0 Å². The Labute approximate surface area is 158 Å². The van der Waals surface area contributed by atoms with Gasteiger partial charge in [-0.25, -0.2) is 9.52 Å². The topological polar surface area (TPSA) is 53.6 Å². The fourth-order valence-corrected chi connectivity index (χ4v) is 4.49. The zero-order chi connectivity index (χ0) is 17.9. The molecule has 0 radical (unpaired) electrons. The monoisotopic (exact) mass is 371 g/mol. The van der Waals surface area contributed by atoms with Crippen molar-refractivity contribution in [3.8, 4) is 0 Å². The Bertz CT molecular complexity index is 384. The summed E-state index contributed by atoms with van der Waals surface area (Å²) in [6.45, 7) is 6.04. The molecular weight excluding hydrogens is 334 g/mol. The van der Waals surface area contributed by atoms with E-state index in [2.05, 4.69) is 23.3 Å².